The first-order valence-electron chi connectivity index (χ1n) is 7.17. The molecule has 0 amide bonds. The molecule has 2 aliphatic carbocycles. The Bertz CT molecular complexity index is 388. The lowest BCUT2D eigenvalue weighted by molar-refractivity contribution is -0.225. The second-order valence-corrected chi connectivity index (χ2v) is 7.65. The lowest BCUT2D eigenvalue weighted by atomic mass is 9.45. The monoisotopic (exact) mass is 270 g/mol. The molecule has 0 saturated heterocycles. The van der Waals surface area contributed by atoms with Gasteiger partial charge in [-0.15, -0.1) is 0 Å². The molecule has 0 bridgehead atoms. The van der Waals surface area contributed by atoms with E-state index in [9.17, 15) is 20.1 Å². The van der Waals surface area contributed by atoms with Crippen molar-refractivity contribution < 1.29 is 20.1 Å². The van der Waals surface area contributed by atoms with Crippen LogP contribution in [0.1, 0.15) is 53.4 Å². The van der Waals surface area contributed by atoms with E-state index in [0.717, 1.165) is 19.3 Å². The van der Waals surface area contributed by atoms with Crippen molar-refractivity contribution in [3.8, 4) is 0 Å². The van der Waals surface area contributed by atoms with Crippen molar-refractivity contribution in [2.24, 2.45) is 22.7 Å². The minimum absolute atomic E-state index is 0.0121. The minimum atomic E-state index is -1.55. The molecular weight excluding hydrogens is 244 g/mol. The Balaban J connectivity index is 2.51. The number of aliphatic carboxylic acids is 1. The van der Waals surface area contributed by atoms with Gasteiger partial charge in [0, 0.05) is 0 Å². The third-order valence-corrected chi connectivity index (χ3v) is 5.90. The molecule has 5 atom stereocenters. The van der Waals surface area contributed by atoms with Gasteiger partial charge in [-0.25, -0.2) is 0 Å². The number of fused-ring (bicyclic) bond motifs is 1. The minimum Gasteiger partial charge on any atom is -0.481 e. The molecule has 2 fully saturated rings. The largest absolute Gasteiger partial charge is 0.481 e. The third kappa shape index (κ3) is 2.00. The van der Waals surface area contributed by atoms with Gasteiger partial charge in [0.15, 0.2) is 0 Å². The first-order chi connectivity index (χ1) is 8.53. The van der Waals surface area contributed by atoms with Crippen LogP contribution in [-0.2, 0) is 4.79 Å². The van der Waals surface area contributed by atoms with Crippen LogP contribution in [0.3, 0.4) is 0 Å². The molecule has 4 nitrogen and oxygen atoms in total. The lowest BCUT2D eigenvalue weighted by Crippen LogP contribution is -2.65. The van der Waals surface area contributed by atoms with E-state index in [4.69, 9.17) is 0 Å². The van der Waals surface area contributed by atoms with Crippen molar-refractivity contribution in [3.63, 3.8) is 0 Å². The summed E-state index contributed by atoms with van der Waals surface area (Å²) < 4.78 is 0. The predicted molar refractivity (Wildman–Crippen MR) is 71.6 cm³/mol. The maximum atomic E-state index is 11.7. The van der Waals surface area contributed by atoms with Gasteiger partial charge in [0.2, 0.25) is 0 Å². The van der Waals surface area contributed by atoms with Crippen molar-refractivity contribution in [2.45, 2.75) is 65.1 Å². The summed E-state index contributed by atoms with van der Waals surface area (Å²) in [6.07, 6.45) is 2.36. The first kappa shape index (κ1) is 14.8. The molecule has 19 heavy (non-hydrogen) atoms. The quantitative estimate of drug-likeness (QED) is 0.681. The Morgan fingerprint density at radius 1 is 1.16 bits per heavy atom. The molecule has 4 heteroatoms. The van der Waals surface area contributed by atoms with Crippen molar-refractivity contribution in [1.82, 2.24) is 0 Å². The standard InChI is InChI=1S/C15H26O4/c1-13(2)6-5-7-14(3)9(13)8-10(16)15(4,19)11(14)12(17)18/h9-11,16,19H,5-8H2,1-4H3,(H,17,18)/t9-,10+,11+,14-,15+/m0/s1. The second-order valence-electron chi connectivity index (χ2n) is 7.65. The molecule has 110 valence electrons. The number of aliphatic hydroxyl groups excluding tert-OH is 1. The number of carbonyl (C=O) groups is 1. The van der Waals surface area contributed by atoms with Crippen LogP contribution in [0.2, 0.25) is 0 Å². The fraction of sp³-hybridized carbons (Fsp3) is 0.933. The van der Waals surface area contributed by atoms with Crippen LogP contribution in [0.4, 0.5) is 0 Å². The summed E-state index contributed by atoms with van der Waals surface area (Å²) >= 11 is 0. The van der Waals surface area contributed by atoms with Gasteiger partial charge in [-0.3, -0.25) is 4.79 Å². The van der Waals surface area contributed by atoms with Crippen molar-refractivity contribution in [2.75, 3.05) is 0 Å². The zero-order chi connectivity index (χ0) is 14.6. The summed E-state index contributed by atoms with van der Waals surface area (Å²) in [7, 11) is 0. The number of hydrogen-bond acceptors (Lipinski definition) is 3. The molecule has 3 N–H and O–H groups in total. The smallest absolute Gasteiger partial charge is 0.310 e. The van der Waals surface area contributed by atoms with Crippen molar-refractivity contribution in [3.05, 3.63) is 0 Å². The molecule has 0 aromatic carbocycles. The van der Waals surface area contributed by atoms with Gasteiger partial charge in [-0.1, -0.05) is 27.2 Å². The maximum Gasteiger partial charge on any atom is 0.310 e. The molecule has 0 radical (unpaired) electrons. The highest BCUT2D eigenvalue weighted by Crippen LogP contribution is 2.61. The maximum absolute atomic E-state index is 11.7. The molecule has 0 heterocycles. The van der Waals surface area contributed by atoms with Crippen LogP contribution in [-0.4, -0.2) is 33.0 Å². The molecule has 0 unspecified atom stereocenters. The van der Waals surface area contributed by atoms with Crippen LogP contribution < -0.4 is 0 Å². The topological polar surface area (TPSA) is 77.8 Å². The molecule has 0 aliphatic heterocycles. The number of rotatable bonds is 1. The van der Waals surface area contributed by atoms with Crippen molar-refractivity contribution >= 4 is 5.97 Å². The molecule has 0 spiro atoms. The summed E-state index contributed by atoms with van der Waals surface area (Å²) in [5, 5.41) is 30.3. The lowest BCUT2D eigenvalue weighted by Gasteiger charge is -2.60. The summed E-state index contributed by atoms with van der Waals surface area (Å²) in [4.78, 5) is 11.7. The molecule has 2 saturated carbocycles. The van der Waals surface area contributed by atoms with E-state index in [1.54, 1.807) is 0 Å². The van der Waals surface area contributed by atoms with Crippen molar-refractivity contribution in [1.29, 1.82) is 0 Å². The molecular formula is C15H26O4. The van der Waals surface area contributed by atoms with Gasteiger partial charge in [0.25, 0.3) is 0 Å². The van der Waals surface area contributed by atoms with Gasteiger partial charge >= 0.3 is 5.97 Å². The van der Waals surface area contributed by atoms with Crippen LogP contribution in [0.15, 0.2) is 0 Å². The van der Waals surface area contributed by atoms with E-state index in [-0.39, 0.29) is 11.3 Å². The van der Waals surface area contributed by atoms with E-state index < -0.39 is 29.0 Å². The predicted octanol–water partition coefficient (Wildman–Crippen LogP) is 2.04. The van der Waals surface area contributed by atoms with E-state index >= 15 is 0 Å². The van der Waals surface area contributed by atoms with Gasteiger partial charge in [0.05, 0.1) is 12.0 Å². The SMILES string of the molecule is CC1(C)CCC[C@@]2(C)[C@H]1C[C@@H](O)[C@@](C)(O)[C@@H]2C(=O)O. The Morgan fingerprint density at radius 2 is 1.74 bits per heavy atom. The summed E-state index contributed by atoms with van der Waals surface area (Å²) in [5.74, 6) is -1.77. The molecule has 2 aliphatic rings. The van der Waals surface area contributed by atoms with E-state index in [1.807, 2.05) is 6.92 Å². The number of carboxylic acid groups (broad SMARTS) is 1. The molecule has 0 aromatic heterocycles. The molecule has 0 aromatic rings. The van der Waals surface area contributed by atoms with E-state index in [2.05, 4.69) is 13.8 Å². The Kier molecular flexibility index (Phi) is 3.26. The average Bonchev–Trinajstić information content (AvgIpc) is 2.20. The number of carboxylic acids is 1. The highest BCUT2D eigenvalue weighted by Gasteiger charge is 2.63. The van der Waals surface area contributed by atoms with Crippen LogP contribution in [0.25, 0.3) is 0 Å². The fourth-order valence-corrected chi connectivity index (χ4v) is 4.95. The van der Waals surface area contributed by atoms with Gasteiger partial charge in [0.1, 0.15) is 5.60 Å². The zero-order valence-electron chi connectivity index (χ0n) is 12.3. The zero-order valence-corrected chi connectivity index (χ0v) is 12.3. The normalized spacial score (nSPS) is 49.5. The van der Waals surface area contributed by atoms with Gasteiger partial charge < -0.3 is 15.3 Å². The highest BCUT2D eigenvalue weighted by atomic mass is 16.4. The summed E-state index contributed by atoms with van der Waals surface area (Å²) in [6, 6.07) is 0. The number of hydrogen-bond donors (Lipinski definition) is 3. The fourth-order valence-electron chi connectivity index (χ4n) is 4.95. The summed E-state index contributed by atoms with van der Waals surface area (Å²) in [5.41, 5.74) is -1.99. The Morgan fingerprint density at radius 3 is 2.26 bits per heavy atom. The van der Waals surface area contributed by atoms with E-state index in [0.29, 0.717) is 6.42 Å². The Hall–Kier alpha value is -0.610. The van der Waals surface area contributed by atoms with E-state index in [1.165, 1.54) is 6.92 Å². The second kappa shape index (κ2) is 4.19. The number of aliphatic hydroxyl groups is 2. The van der Waals surface area contributed by atoms with Crippen LogP contribution in [0.5, 0.6) is 0 Å². The van der Waals surface area contributed by atoms with Crippen LogP contribution in [0, 0.1) is 22.7 Å². The highest BCUT2D eigenvalue weighted by molar-refractivity contribution is 5.73. The summed E-state index contributed by atoms with van der Waals surface area (Å²) in [6.45, 7) is 7.76. The van der Waals surface area contributed by atoms with Gasteiger partial charge in [-0.2, -0.15) is 0 Å². The average molecular weight is 270 g/mol. The van der Waals surface area contributed by atoms with Crippen LogP contribution >= 0.6 is 0 Å². The van der Waals surface area contributed by atoms with Gasteiger partial charge in [-0.05, 0) is 42.9 Å². The first-order valence-corrected chi connectivity index (χ1v) is 7.17. The molecule has 2 rings (SSSR count). The Labute approximate surface area is 114 Å². The third-order valence-electron chi connectivity index (χ3n) is 5.90.